The van der Waals surface area contributed by atoms with E-state index in [2.05, 4.69) is 66.4 Å². The van der Waals surface area contributed by atoms with Crippen molar-refractivity contribution in [2.45, 2.75) is 38.6 Å². The minimum absolute atomic E-state index is 0.250. The summed E-state index contributed by atoms with van der Waals surface area (Å²) >= 11 is 0. The van der Waals surface area contributed by atoms with Gasteiger partial charge in [0.05, 0.1) is 0 Å². The van der Waals surface area contributed by atoms with Gasteiger partial charge in [-0.15, -0.1) is 0 Å². The molecule has 0 amide bonds. The van der Waals surface area contributed by atoms with Gasteiger partial charge in [0.25, 0.3) is 6.47 Å². The van der Waals surface area contributed by atoms with Crippen molar-refractivity contribution in [2.75, 3.05) is 13.1 Å². The van der Waals surface area contributed by atoms with Crippen LogP contribution < -0.4 is 0 Å². The number of hydrogen-bond donors (Lipinski definition) is 1. The summed E-state index contributed by atoms with van der Waals surface area (Å²) in [5, 5.41) is 6.89. The molecular weight excluding hydrogens is 298 g/mol. The molecule has 1 aliphatic rings. The van der Waals surface area contributed by atoms with Gasteiger partial charge in [0, 0.05) is 13.1 Å². The maximum absolute atomic E-state index is 8.36. The Balaban J connectivity index is 0.000000647. The van der Waals surface area contributed by atoms with Crippen molar-refractivity contribution in [1.82, 2.24) is 4.90 Å². The molecule has 3 nitrogen and oxygen atoms in total. The molecule has 1 aliphatic heterocycles. The van der Waals surface area contributed by atoms with Gasteiger partial charge in [-0.25, -0.2) is 0 Å². The maximum atomic E-state index is 8.36. The smallest absolute Gasteiger partial charge is 0.290 e. The Morgan fingerprint density at radius 1 is 1.12 bits per heavy atom. The van der Waals surface area contributed by atoms with Gasteiger partial charge in [-0.05, 0) is 42.0 Å². The lowest BCUT2D eigenvalue weighted by molar-refractivity contribution is -0.122. The minimum Gasteiger partial charge on any atom is -0.483 e. The first-order chi connectivity index (χ1) is 11.8. The van der Waals surface area contributed by atoms with Crippen LogP contribution >= 0.6 is 0 Å². The molecule has 2 aromatic carbocycles. The molecule has 1 N–H and O–H groups in total. The second-order valence-electron chi connectivity index (χ2n) is 6.26. The highest BCUT2D eigenvalue weighted by molar-refractivity contribution is 5.33. The zero-order chi connectivity index (χ0) is 17.2. The van der Waals surface area contributed by atoms with Crippen LogP contribution in [0.2, 0.25) is 0 Å². The van der Waals surface area contributed by atoms with Gasteiger partial charge in [0.1, 0.15) is 0 Å². The summed E-state index contributed by atoms with van der Waals surface area (Å²) in [7, 11) is 0. The Labute approximate surface area is 144 Å². The Morgan fingerprint density at radius 3 is 2.50 bits per heavy atom. The summed E-state index contributed by atoms with van der Waals surface area (Å²) in [6.07, 6.45) is 3.75. The Morgan fingerprint density at radius 2 is 1.79 bits per heavy atom. The Kier molecular flexibility index (Phi) is 7.50. The molecule has 1 atom stereocenters. The second kappa shape index (κ2) is 9.89. The molecule has 1 heterocycles. The summed E-state index contributed by atoms with van der Waals surface area (Å²) < 4.78 is 0. The number of rotatable bonds is 5. The molecule has 128 valence electrons. The highest BCUT2D eigenvalue weighted by Gasteiger charge is 2.25. The molecule has 0 aliphatic carbocycles. The molecular formula is C21H27NO2. The number of aryl methyl sites for hydroxylation is 1. The van der Waals surface area contributed by atoms with E-state index in [1.165, 1.54) is 37.9 Å². The van der Waals surface area contributed by atoms with E-state index in [-0.39, 0.29) is 6.47 Å². The third-order valence-electron chi connectivity index (χ3n) is 4.54. The van der Waals surface area contributed by atoms with Crippen molar-refractivity contribution in [3.05, 3.63) is 71.3 Å². The minimum atomic E-state index is -0.250. The van der Waals surface area contributed by atoms with Crippen LogP contribution in [0, 0.1) is 0 Å². The highest BCUT2D eigenvalue weighted by atomic mass is 16.3. The SMILES string of the molecule is CCCc1ccccc1C1CCN(Cc2ccccc2)C1.O=CO. The van der Waals surface area contributed by atoms with Gasteiger partial charge in [-0.2, -0.15) is 0 Å². The third kappa shape index (κ3) is 5.20. The van der Waals surface area contributed by atoms with E-state index in [1.54, 1.807) is 11.1 Å². The van der Waals surface area contributed by atoms with Crippen LogP contribution in [0.15, 0.2) is 54.6 Å². The number of nitrogens with zero attached hydrogens (tertiary/aromatic N) is 1. The van der Waals surface area contributed by atoms with E-state index in [1.807, 2.05) is 0 Å². The monoisotopic (exact) mass is 325 g/mol. The largest absolute Gasteiger partial charge is 0.483 e. The first-order valence-electron chi connectivity index (χ1n) is 8.70. The fraction of sp³-hybridized carbons (Fsp3) is 0.381. The molecule has 1 unspecified atom stereocenters. The van der Waals surface area contributed by atoms with Gasteiger partial charge in [-0.3, -0.25) is 9.69 Å². The molecule has 2 aromatic rings. The summed E-state index contributed by atoms with van der Waals surface area (Å²) in [4.78, 5) is 11.0. The molecule has 0 radical (unpaired) electrons. The van der Waals surface area contributed by atoms with E-state index < -0.39 is 0 Å². The van der Waals surface area contributed by atoms with Crippen LogP contribution in [-0.4, -0.2) is 29.6 Å². The lowest BCUT2D eigenvalue weighted by Gasteiger charge is -2.18. The summed E-state index contributed by atoms with van der Waals surface area (Å²) in [5.74, 6) is 0.719. The van der Waals surface area contributed by atoms with Crippen molar-refractivity contribution >= 4 is 6.47 Å². The van der Waals surface area contributed by atoms with E-state index in [0.29, 0.717) is 0 Å². The molecule has 3 rings (SSSR count). The molecule has 1 fully saturated rings. The predicted molar refractivity (Wildman–Crippen MR) is 98.2 cm³/mol. The van der Waals surface area contributed by atoms with Gasteiger partial charge >= 0.3 is 0 Å². The number of carboxylic acid groups (broad SMARTS) is 1. The average Bonchev–Trinajstić information content (AvgIpc) is 3.06. The van der Waals surface area contributed by atoms with Gasteiger partial charge in [-0.1, -0.05) is 67.9 Å². The van der Waals surface area contributed by atoms with Crippen LogP contribution in [0.1, 0.15) is 42.4 Å². The summed E-state index contributed by atoms with van der Waals surface area (Å²) in [5.41, 5.74) is 4.58. The molecule has 3 heteroatoms. The van der Waals surface area contributed by atoms with E-state index in [4.69, 9.17) is 9.90 Å². The lowest BCUT2D eigenvalue weighted by atomic mass is 9.91. The van der Waals surface area contributed by atoms with Crippen LogP contribution in [-0.2, 0) is 17.8 Å². The fourth-order valence-corrected chi connectivity index (χ4v) is 3.50. The molecule has 24 heavy (non-hydrogen) atoms. The third-order valence-corrected chi connectivity index (χ3v) is 4.54. The summed E-state index contributed by atoms with van der Waals surface area (Å²) in [6.45, 7) is 5.54. The molecule has 0 saturated carbocycles. The fourth-order valence-electron chi connectivity index (χ4n) is 3.50. The van der Waals surface area contributed by atoms with Crippen LogP contribution in [0.3, 0.4) is 0 Å². The normalized spacial score (nSPS) is 17.1. The Hall–Kier alpha value is -2.13. The first-order valence-corrected chi connectivity index (χ1v) is 8.70. The number of hydrogen-bond acceptors (Lipinski definition) is 2. The zero-order valence-electron chi connectivity index (χ0n) is 14.4. The quantitative estimate of drug-likeness (QED) is 0.832. The zero-order valence-corrected chi connectivity index (χ0v) is 14.4. The van der Waals surface area contributed by atoms with E-state index in [9.17, 15) is 0 Å². The standard InChI is InChI=1S/C20H25N.CH2O2/c1-2-8-18-11-6-7-12-20(18)19-13-14-21(16-19)15-17-9-4-3-5-10-17;2-1-3/h3-7,9-12,19H,2,8,13-16H2,1H3;1H,(H,2,3). The van der Waals surface area contributed by atoms with Crippen molar-refractivity contribution in [3.8, 4) is 0 Å². The Bertz CT molecular complexity index is 612. The van der Waals surface area contributed by atoms with Gasteiger partial charge in [0.15, 0.2) is 0 Å². The number of carbonyl (C=O) groups is 1. The van der Waals surface area contributed by atoms with Crippen molar-refractivity contribution < 1.29 is 9.90 Å². The van der Waals surface area contributed by atoms with Crippen LogP contribution in [0.4, 0.5) is 0 Å². The molecule has 0 spiro atoms. The first kappa shape index (κ1) is 18.2. The van der Waals surface area contributed by atoms with Crippen molar-refractivity contribution in [3.63, 3.8) is 0 Å². The van der Waals surface area contributed by atoms with Gasteiger partial charge < -0.3 is 5.11 Å². The van der Waals surface area contributed by atoms with Crippen molar-refractivity contribution in [1.29, 1.82) is 0 Å². The topological polar surface area (TPSA) is 40.5 Å². The summed E-state index contributed by atoms with van der Waals surface area (Å²) in [6, 6.07) is 19.9. The van der Waals surface area contributed by atoms with Crippen molar-refractivity contribution in [2.24, 2.45) is 0 Å². The molecule has 1 saturated heterocycles. The number of likely N-dealkylation sites (tertiary alicyclic amines) is 1. The highest BCUT2D eigenvalue weighted by Crippen LogP contribution is 2.30. The van der Waals surface area contributed by atoms with Crippen LogP contribution in [0.5, 0.6) is 0 Å². The van der Waals surface area contributed by atoms with E-state index in [0.717, 1.165) is 12.5 Å². The average molecular weight is 325 g/mol. The number of benzene rings is 2. The second-order valence-corrected chi connectivity index (χ2v) is 6.26. The predicted octanol–water partition coefficient (Wildman–Crippen LogP) is 4.33. The van der Waals surface area contributed by atoms with Crippen LogP contribution in [0.25, 0.3) is 0 Å². The maximum Gasteiger partial charge on any atom is 0.290 e. The molecule has 0 aromatic heterocycles. The molecule has 0 bridgehead atoms. The van der Waals surface area contributed by atoms with E-state index >= 15 is 0 Å². The lowest BCUT2D eigenvalue weighted by Crippen LogP contribution is -2.19. The van der Waals surface area contributed by atoms with Gasteiger partial charge in [0.2, 0.25) is 0 Å².